The molecule has 0 amide bonds. The molecule has 2 rings (SSSR count). The lowest BCUT2D eigenvalue weighted by Crippen LogP contribution is -2.24. The highest BCUT2D eigenvalue weighted by Gasteiger charge is 2.12. The van der Waals surface area contributed by atoms with E-state index in [9.17, 15) is 8.42 Å². The SMILES string of the molecule is Cc1nc(N)nc(C)c1N=Nc1ccc(S(=O)(=O)N=C(N)N)cc1. The summed E-state index contributed by atoms with van der Waals surface area (Å²) in [6.45, 7) is 3.48. The van der Waals surface area contributed by atoms with Crippen LogP contribution in [0.15, 0.2) is 43.8 Å². The van der Waals surface area contributed by atoms with Gasteiger partial charge >= 0.3 is 0 Å². The molecule has 126 valence electrons. The lowest BCUT2D eigenvalue weighted by molar-refractivity contribution is 0.598. The van der Waals surface area contributed by atoms with Gasteiger partial charge in [-0.1, -0.05) is 0 Å². The van der Waals surface area contributed by atoms with E-state index in [-0.39, 0.29) is 10.8 Å². The Morgan fingerprint density at radius 3 is 2.04 bits per heavy atom. The number of anilines is 1. The van der Waals surface area contributed by atoms with E-state index in [1.807, 2.05) is 0 Å². The van der Waals surface area contributed by atoms with Crippen LogP contribution in [0.5, 0.6) is 0 Å². The maximum atomic E-state index is 11.8. The summed E-state index contributed by atoms with van der Waals surface area (Å²) >= 11 is 0. The first-order chi connectivity index (χ1) is 11.2. The molecule has 6 N–H and O–H groups in total. The number of nitrogens with zero attached hydrogens (tertiary/aromatic N) is 5. The smallest absolute Gasteiger partial charge is 0.285 e. The fourth-order valence-electron chi connectivity index (χ4n) is 1.87. The highest BCUT2D eigenvalue weighted by molar-refractivity contribution is 7.90. The molecule has 0 bridgehead atoms. The maximum absolute atomic E-state index is 11.8. The lowest BCUT2D eigenvalue weighted by atomic mass is 10.3. The molecule has 11 heteroatoms. The molecule has 0 aliphatic heterocycles. The van der Waals surface area contributed by atoms with Crippen molar-refractivity contribution in [1.82, 2.24) is 9.97 Å². The third-order valence-corrected chi connectivity index (χ3v) is 4.19. The summed E-state index contributed by atoms with van der Waals surface area (Å²) in [5, 5.41) is 8.12. The van der Waals surface area contributed by atoms with Gasteiger partial charge in [0.2, 0.25) is 11.9 Å². The predicted octanol–water partition coefficient (Wildman–Crippen LogP) is 1.05. The molecule has 2 aromatic rings. The Morgan fingerprint density at radius 2 is 1.54 bits per heavy atom. The summed E-state index contributed by atoms with van der Waals surface area (Å²) in [6.07, 6.45) is 0. The molecule has 0 fully saturated rings. The normalized spacial score (nSPS) is 11.6. The van der Waals surface area contributed by atoms with Gasteiger partial charge in [-0.05, 0) is 38.1 Å². The minimum atomic E-state index is -3.93. The Hall–Kier alpha value is -3.08. The molecule has 0 aliphatic rings. The van der Waals surface area contributed by atoms with E-state index in [4.69, 9.17) is 17.2 Å². The molecule has 0 spiro atoms. The molecule has 0 saturated heterocycles. The van der Waals surface area contributed by atoms with E-state index in [1.165, 1.54) is 24.3 Å². The van der Waals surface area contributed by atoms with Gasteiger partial charge < -0.3 is 17.2 Å². The van der Waals surface area contributed by atoms with Gasteiger partial charge in [-0.2, -0.15) is 13.5 Å². The number of sulfonamides is 1. The summed E-state index contributed by atoms with van der Waals surface area (Å²) in [5.41, 5.74) is 17.9. The second-order valence-electron chi connectivity index (χ2n) is 4.79. The number of nitrogens with two attached hydrogens (primary N) is 3. The van der Waals surface area contributed by atoms with Gasteiger partial charge in [-0.25, -0.2) is 9.97 Å². The number of benzene rings is 1. The molecule has 1 heterocycles. The van der Waals surface area contributed by atoms with Crippen molar-refractivity contribution in [3.63, 3.8) is 0 Å². The fraction of sp³-hybridized carbons (Fsp3) is 0.154. The Morgan fingerprint density at radius 1 is 1.00 bits per heavy atom. The zero-order valence-electron chi connectivity index (χ0n) is 13.0. The first-order valence-electron chi connectivity index (χ1n) is 6.67. The second kappa shape index (κ2) is 6.58. The van der Waals surface area contributed by atoms with Crippen LogP contribution in [0.2, 0.25) is 0 Å². The first kappa shape index (κ1) is 17.3. The minimum absolute atomic E-state index is 0.0574. The van der Waals surface area contributed by atoms with Crippen LogP contribution >= 0.6 is 0 Å². The number of azo groups is 1. The van der Waals surface area contributed by atoms with Gasteiger partial charge in [-0.15, -0.1) is 9.51 Å². The van der Waals surface area contributed by atoms with Crippen molar-refractivity contribution in [2.24, 2.45) is 26.1 Å². The Labute approximate surface area is 138 Å². The van der Waals surface area contributed by atoms with Crippen LogP contribution in [0.4, 0.5) is 17.3 Å². The summed E-state index contributed by atoms with van der Waals surface area (Å²) in [6, 6.07) is 5.60. The van der Waals surface area contributed by atoms with Crippen molar-refractivity contribution in [2.75, 3.05) is 5.73 Å². The van der Waals surface area contributed by atoms with E-state index in [0.29, 0.717) is 22.8 Å². The first-order valence-corrected chi connectivity index (χ1v) is 8.11. The molecule has 1 aromatic carbocycles. The summed E-state index contributed by atoms with van der Waals surface area (Å²) in [4.78, 5) is 7.97. The van der Waals surface area contributed by atoms with E-state index >= 15 is 0 Å². The number of guanidine groups is 1. The minimum Gasteiger partial charge on any atom is -0.369 e. The fourth-order valence-corrected chi connectivity index (χ4v) is 2.73. The van der Waals surface area contributed by atoms with Crippen LogP contribution in [-0.2, 0) is 10.0 Å². The number of hydrogen-bond acceptors (Lipinski definition) is 7. The molecule has 0 radical (unpaired) electrons. The Bertz CT molecular complexity index is 892. The van der Waals surface area contributed by atoms with Gasteiger partial charge in [0.25, 0.3) is 10.0 Å². The number of rotatable bonds is 4. The van der Waals surface area contributed by atoms with E-state index in [0.717, 1.165) is 0 Å². The highest BCUT2D eigenvalue weighted by atomic mass is 32.2. The second-order valence-corrected chi connectivity index (χ2v) is 6.39. The van der Waals surface area contributed by atoms with Gasteiger partial charge in [0.15, 0.2) is 0 Å². The van der Waals surface area contributed by atoms with Crippen molar-refractivity contribution in [3.05, 3.63) is 35.7 Å². The number of nitrogen functional groups attached to an aromatic ring is 1. The van der Waals surface area contributed by atoms with Crippen LogP contribution in [0.25, 0.3) is 0 Å². The molecule has 0 unspecified atom stereocenters. The molecule has 24 heavy (non-hydrogen) atoms. The predicted molar refractivity (Wildman–Crippen MR) is 89.5 cm³/mol. The summed E-state index contributed by atoms with van der Waals surface area (Å²) in [5.74, 6) is -0.369. The summed E-state index contributed by atoms with van der Waals surface area (Å²) in [7, 11) is -3.93. The third kappa shape index (κ3) is 4.01. The van der Waals surface area contributed by atoms with Crippen LogP contribution < -0.4 is 17.2 Å². The van der Waals surface area contributed by atoms with Crippen LogP contribution in [0.3, 0.4) is 0 Å². The standard InChI is InChI=1S/C13H16N8O2S/c1-7-11(8(2)18-13(16)17-7)20-19-9-3-5-10(6-4-9)24(22,23)21-12(14)15/h3-6H,1-2H3,(H4,14,15,21)(H2,16,17,18). The van der Waals surface area contributed by atoms with E-state index in [2.05, 4.69) is 24.6 Å². The Kier molecular flexibility index (Phi) is 4.74. The molecule has 0 saturated carbocycles. The van der Waals surface area contributed by atoms with Gasteiger partial charge in [0.05, 0.1) is 22.0 Å². The van der Waals surface area contributed by atoms with Gasteiger partial charge in [0, 0.05) is 0 Å². The number of aromatic nitrogens is 2. The lowest BCUT2D eigenvalue weighted by Gasteiger charge is -2.03. The molecule has 0 aliphatic carbocycles. The van der Waals surface area contributed by atoms with Crippen molar-refractivity contribution >= 4 is 33.3 Å². The van der Waals surface area contributed by atoms with Gasteiger partial charge in [-0.3, -0.25) is 0 Å². The average molecular weight is 348 g/mol. The highest BCUT2D eigenvalue weighted by Crippen LogP contribution is 2.25. The zero-order chi connectivity index (χ0) is 17.9. The molecule has 10 nitrogen and oxygen atoms in total. The third-order valence-electron chi connectivity index (χ3n) is 2.88. The summed E-state index contributed by atoms with van der Waals surface area (Å²) < 4.78 is 26.8. The topological polar surface area (TPSA) is 175 Å². The molecule has 0 atom stereocenters. The van der Waals surface area contributed by atoms with E-state index < -0.39 is 16.0 Å². The van der Waals surface area contributed by atoms with Crippen LogP contribution in [-0.4, -0.2) is 24.3 Å². The van der Waals surface area contributed by atoms with Crippen LogP contribution in [0, 0.1) is 13.8 Å². The van der Waals surface area contributed by atoms with E-state index in [1.54, 1.807) is 13.8 Å². The largest absolute Gasteiger partial charge is 0.369 e. The molecule has 1 aromatic heterocycles. The Balaban J connectivity index is 2.29. The molecular formula is C13H16N8O2S. The number of aryl methyl sites for hydroxylation is 2. The molecular weight excluding hydrogens is 332 g/mol. The number of hydrogen-bond donors (Lipinski definition) is 3. The maximum Gasteiger partial charge on any atom is 0.285 e. The van der Waals surface area contributed by atoms with Crippen molar-refractivity contribution in [1.29, 1.82) is 0 Å². The van der Waals surface area contributed by atoms with Gasteiger partial charge in [0.1, 0.15) is 5.69 Å². The van der Waals surface area contributed by atoms with Crippen molar-refractivity contribution in [2.45, 2.75) is 18.7 Å². The quantitative estimate of drug-likeness (QED) is 0.420. The zero-order valence-corrected chi connectivity index (χ0v) is 13.8. The van der Waals surface area contributed by atoms with Crippen LogP contribution in [0.1, 0.15) is 11.4 Å². The van der Waals surface area contributed by atoms with Crippen molar-refractivity contribution < 1.29 is 8.42 Å². The monoisotopic (exact) mass is 348 g/mol. The average Bonchev–Trinajstić information content (AvgIpc) is 2.45. The van der Waals surface area contributed by atoms with Crippen molar-refractivity contribution in [3.8, 4) is 0 Å².